The van der Waals surface area contributed by atoms with Crippen molar-refractivity contribution in [2.75, 3.05) is 39.5 Å². The van der Waals surface area contributed by atoms with Crippen LogP contribution >= 0.6 is 0 Å². The van der Waals surface area contributed by atoms with E-state index in [1.807, 2.05) is 13.8 Å². The van der Waals surface area contributed by atoms with Gasteiger partial charge in [0.1, 0.15) is 13.2 Å². The SMILES string of the molecule is CC(C)c1nnc(C2CN(S(=O)(=O)c3ccc4c(c3)OCCO4)CC23CCOCC3)o1. The molecule has 31 heavy (non-hydrogen) atoms. The molecule has 2 fully saturated rings. The van der Waals surface area contributed by atoms with E-state index in [1.54, 1.807) is 22.5 Å². The van der Waals surface area contributed by atoms with Crippen molar-refractivity contribution in [1.29, 1.82) is 0 Å². The van der Waals surface area contributed by atoms with Gasteiger partial charge in [0, 0.05) is 43.7 Å². The van der Waals surface area contributed by atoms with E-state index in [-0.39, 0.29) is 22.1 Å². The second-order valence-electron chi connectivity index (χ2n) is 8.76. The molecule has 9 nitrogen and oxygen atoms in total. The van der Waals surface area contributed by atoms with Crippen LogP contribution in [0.3, 0.4) is 0 Å². The summed E-state index contributed by atoms with van der Waals surface area (Å²) in [4.78, 5) is 0.202. The fourth-order valence-electron chi connectivity index (χ4n) is 4.68. The van der Waals surface area contributed by atoms with Crippen LogP contribution in [0.4, 0.5) is 0 Å². The lowest BCUT2D eigenvalue weighted by Gasteiger charge is -2.36. The number of hydrogen-bond donors (Lipinski definition) is 0. The largest absolute Gasteiger partial charge is 0.486 e. The Morgan fingerprint density at radius 1 is 1.06 bits per heavy atom. The highest BCUT2D eigenvalue weighted by atomic mass is 32.2. The smallest absolute Gasteiger partial charge is 0.243 e. The Balaban J connectivity index is 1.48. The standard InChI is InChI=1S/C21H27N3O6S/c1-14(2)19-22-23-20(30-19)16-12-24(13-21(16)5-7-27-8-6-21)31(25,26)15-3-4-17-18(11-15)29-10-9-28-17/h3-4,11,14,16H,5-10,12-13H2,1-2H3. The summed E-state index contributed by atoms with van der Waals surface area (Å²) in [6, 6.07) is 4.79. The van der Waals surface area contributed by atoms with Gasteiger partial charge in [0.25, 0.3) is 0 Å². The minimum Gasteiger partial charge on any atom is -0.486 e. The zero-order valence-electron chi connectivity index (χ0n) is 17.7. The van der Waals surface area contributed by atoms with Gasteiger partial charge in [-0.3, -0.25) is 0 Å². The molecule has 0 radical (unpaired) electrons. The first-order chi connectivity index (χ1) is 14.9. The highest BCUT2D eigenvalue weighted by Gasteiger charge is 2.53. The Morgan fingerprint density at radius 3 is 2.52 bits per heavy atom. The molecular formula is C21H27N3O6S. The van der Waals surface area contributed by atoms with Crippen molar-refractivity contribution in [3.63, 3.8) is 0 Å². The summed E-state index contributed by atoms with van der Waals surface area (Å²) in [7, 11) is -3.73. The Morgan fingerprint density at radius 2 is 1.81 bits per heavy atom. The minimum atomic E-state index is -3.73. The van der Waals surface area contributed by atoms with Crippen LogP contribution in [0, 0.1) is 5.41 Å². The summed E-state index contributed by atoms with van der Waals surface area (Å²) in [5, 5.41) is 8.49. The van der Waals surface area contributed by atoms with Crippen molar-refractivity contribution < 1.29 is 27.0 Å². The van der Waals surface area contributed by atoms with Crippen LogP contribution in [0.15, 0.2) is 27.5 Å². The van der Waals surface area contributed by atoms with Gasteiger partial charge in [-0.2, -0.15) is 4.31 Å². The Bertz CT molecular complexity index is 1060. The number of rotatable bonds is 4. The van der Waals surface area contributed by atoms with E-state index in [9.17, 15) is 8.42 Å². The first-order valence-electron chi connectivity index (χ1n) is 10.7. The number of fused-ring (bicyclic) bond motifs is 1. The van der Waals surface area contributed by atoms with Crippen LogP contribution in [0.5, 0.6) is 11.5 Å². The molecule has 1 atom stereocenters. The summed E-state index contributed by atoms with van der Waals surface area (Å²) < 4.78 is 51.4. The fourth-order valence-corrected chi connectivity index (χ4v) is 6.25. The maximum atomic E-state index is 13.6. The number of ether oxygens (including phenoxy) is 3. The lowest BCUT2D eigenvalue weighted by atomic mass is 9.72. The van der Waals surface area contributed by atoms with Crippen molar-refractivity contribution in [1.82, 2.24) is 14.5 Å². The third-order valence-electron chi connectivity index (χ3n) is 6.50. The molecule has 2 saturated heterocycles. The molecule has 1 unspecified atom stereocenters. The molecule has 3 aliphatic heterocycles. The summed E-state index contributed by atoms with van der Waals surface area (Å²) in [6.07, 6.45) is 1.51. The first-order valence-corrected chi connectivity index (χ1v) is 12.1. The Kier molecular flexibility index (Phi) is 5.18. The minimum absolute atomic E-state index is 0.117. The van der Waals surface area contributed by atoms with E-state index in [1.165, 1.54) is 0 Å². The number of nitrogens with zero attached hydrogens (tertiary/aromatic N) is 3. The van der Waals surface area contributed by atoms with E-state index in [2.05, 4.69) is 10.2 Å². The molecule has 168 valence electrons. The third-order valence-corrected chi connectivity index (χ3v) is 8.31. The van der Waals surface area contributed by atoms with Crippen LogP contribution in [0.1, 0.15) is 50.3 Å². The lowest BCUT2D eigenvalue weighted by molar-refractivity contribution is 0.0110. The van der Waals surface area contributed by atoms with Crippen molar-refractivity contribution in [3.05, 3.63) is 30.0 Å². The van der Waals surface area contributed by atoms with Gasteiger partial charge < -0.3 is 18.6 Å². The van der Waals surface area contributed by atoms with Crippen molar-refractivity contribution >= 4 is 10.0 Å². The van der Waals surface area contributed by atoms with Crippen LogP contribution in [-0.4, -0.2) is 62.4 Å². The molecule has 10 heteroatoms. The highest BCUT2D eigenvalue weighted by Crippen LogP contribution is 2.50. The predicted octanol–water partition coefficient (Wildman–Crippen LogP) is 2.55. The number of hydrogen-bond acceptors (Lipinski definition) is 8. The van der Waals surface area contributed by atoms with E-state index >= 15 is 0 Å². The van der Waals surface area contributed by atoms with E-state index in [0.29, 0.717) is 62.8 Å². The molecule has 0 bridgehead atoms. The maximum Gasteiger partial charge on any atom is 0.243 e. The zero-order valence-corrected chi connectivity index (χ0v) is 18.6. The topological polar surface area (TPSA) is 104 Å². The van der Waals surface area contributed by atoms with E-state index in [4.69, 9.17) is 18.6 Å². The molecule has 0 saturated carbocycles. The van der Waals surface area contributed by atoms with Crippen LogP contribution in [0.2, 0.25) is 0 Å². The molecule has 1 spiro atoms. The van der Waals surface area contributed by atoms with E-state index in [0.717, 1.165) is 12.8 Å². The number of sulfonamides is 1. The zero-order chi connectivity index (χ0) is 21.6. The molecule has 2 aromatic rings. The Hall–Kier alpha value is -2.17. The van der Waals surface area contributed by atoms with Gasteiger partial charge >= 0.3 is 0 Å². The molecule has 5 rings (SSSR count). The molecule has 0 aliphatic carbocycles. The number of benzene rings is 1. The summed E-state index contributed by atoms with van der Waals surface area (Å²) >= 11 is 0. The average Bonchev–Trinajstić information content (AvgIpc) is 3.40. The third kappa shape index (κ3) is 3.60. The van der Waals surface area contributed by atoms with Crippen molar-refractivity contribution in [3.8, 4) is 11.5 Å². The molecule has 3 aliphatic rings. The molecule has 0 amide bonds. The summed E-state index contributed by atoms with van der Waals surface area (Å²) in [5.74, 6) is 2.07. The van der Waals surface area contributed by atoms with Gasteiger partial charge in [-0.1, -0.05) is 13.8 Å². The normalized spacial score (nSPS) is 23.5. The van der Waals surface area contributed by atoms with Crippen LogP contribution < -0.4 is 9.47 Å². The quantitative estimate of drug-likeness (QED) is 0.701. The average molecular weight is 450 g/mol. The Labute approximate surface area is 181 Å². The van der Waals surface area contributed by atoms with E-state index < -0.39 is 10.0 Å². The first kappa shape index (κ1) is 20.7. The molecule has 0 N–H and O–H groups in total. The van der Waals surface area contributed by atoms with Crippen molar-refractivity contribution in [2.24, 2.45) is 5.41 Å². The lowest BCUT2D eigenvalue weighted by Crippen LogP contribution is -2.37. The molecular weight excluding hydrogens is 422 g/mol. The monoisotopic (exact) mass is 449 g/mol. The van der Waals surface area contributed by atoms with Gasteiger partial charge in [-0.05, 0) is 25.0 Å². The highest BCUT2D eigenvalue weighted by molar-refractivity contribution is 7.89. The molecule has 4 heterocycles. The van der Waals surface area contributed by atoms with Gasteiger partial charge in [0.15, 0.2) is 11.5 Å². The summed E-state index contributed by atoms with van der Waals surface area (Å²) in [5.41, 5.74) is -0.278. The second-order valence-corrected chi connectivity index (χ2v) is 10.7. The van der Waals surface area contributed by atoms with Crippen LogP contribution in [0.25, 0.3) is 0 Å². The second kappa shape index (κ2) is 7.75. The fraction of sp³-hybridized carbons (Fsp3) is 0.619. The maximum absolute atomic E-state index is 13.6. The summed E-state index contributed by atoms with van der Waals surface area (Å²) in [6.45, 7) is 6.75. The molecule has 1 aromatic heterocycles. The number of aromatic nitrogens is 2. The van der Waals surface area contributed by atoms with Gasteiger partial charge in [0.05, 0.1) is 10.8 Å². The molecule has 1 aromatic carbocycles. The van der Waals surface area contributed by atoms with Crippen LogP contribution in [-0.2, 0) is 14.8 Å². The van der Waals surface area contributed by atoms with Gasteiger partial charge in [0.2, 0.25) is 21.8 Å². The predicted molar refractivity (Wildman–Crippen MR) is 110 cm³/mol. The van der Waals surface area contributed by atoms with Gasteiger partial charge in [-0.15, -0.1) is 10.2 Å². The van der Waals surface area contributed by atoms with Crippen molar-refractivity contribution in [2.45, 2.75) is 43.4 Å². The van der Waals surface area contributed by atoms with Gasteiger partial charge in [-0.25, -0.2) is 8.42 Å².